The fraction of sp³-hybridized carbons (Fsp3) is 0.125. The van der Waals surface area contributed by atoms with Crippen LogP contribution in [-0.4, -0.2) is 0 Å². The third-order valence-electron chi connectivity index (χ3n) is 3.47. The van der Waals surface area contributed by atoms with Gasteiger partial charge < -0.3 is 0 Å². The Kier molecular flexibility index (Phi) is 3.58. The lowest BCUT2D eigenvalue weighted by atomic mass is 9.82. The van der Waals surface area contributed by atoms with Crippen LogP contribution in [-0.2, 0) is 0 Å². The van der Waals surface area contributed by atoms with Gasteiger partial charge in [-0.2, -0.15) is 0 Å². The molecular formula is C16H11Cl3. The maximum absolute atomic E-state index is 6.27. The van der Waals surface area contributed by atoms with Crippen molar-refractivity contribution in [3.05, 3.63) is 75.3 Å². The lowest BCUT2D eigenvalue weighted by molar-refractivity contribution is 0.818. The van der Waals surface area contributed by atoms with Gasteiger partial charge in [-0.15, -0.1) is 0 Å². The zero-order valence-corrected chi connectivity index (χ0v) is 12.3. The summed E-state index contributed by atoms with van der Waals surface area (Å²) in [4.78, 5) is 0. The first-order valence-corrected chi connectivity index (χ1v) is 7.20. The first kappa shape index (κ1) is 13.1. The average molecular weight is 310 g/mol. The number of benzene rings is 2. The summed E-state index contributed by atoms with van der Waals surface area (Å²) in [5.74, 6) is 0.286. The number of allylic oxidation sites excluding steroid dienone is 1. The zero-order chi connectivity index (χ0) is 13.4. The van der Waals surface area contributed by atoms with E-state index < -0.39 is 0 Å². The maximum atomic E-state index is 6.27. The SMILES string of the molecule is ClC1=CCC(c2ccc(Cl)c(Cl)c2)c2ccccc21. The second-order valence-electron chi connectivity index (χ2n) is 4.60. The standard InChI is InChI=1S/C16H11Cl3/c17-14-8-6-11(12-3-1-2-4-13(12)14)10-5-7-15(18)16(19)9-10/h1-5,7-9,11H,6H2. The van der Waals surface area contributed by atoms with E-state index >= 15 is 0 Å². The number of halogens is 3. The van der Waals surface area contributed by atoms with E-state index in [0.29, 0.717) is 10.0 Å². The minimum absolute atomic E-state index is 0.286. The predicted molar refractivity (Wildman–Crippen MR) is 83.2 cm³/mol. The van der Waals surface area contributed by atoms with Crippen molar-refractivity contribution in [2.24, 2.45) is 0 Å². The Morgan fingerprint density at radius 1 is 0.895 bits per heavy atom. The molecule has 0 heterocycles. The summed E-state index contributed by atoms with van der Waals surface area (Å²) in [7, 11) is 0. The van der Waals surface area contributed by atoms with Crippen molar-refractivity contribution in [1.29, 1.82) is 0 Å². The zero-order valence-electron chi connectivity index (χ0n) is 10.0. The molecule has 0 nitrogen and oxygen atoms in total. The molecule has 19 heavy (non-hydrogen) atoms. The van der Waals surface area contributed by atoms with E-state index in [9.17, 15) is 0 Å². The second-order valence-corrected chi connectivity index (χ2v) is 5.82. The molecule has 0 spiro atoms. The van der Waals surface area contributed by atoms with Crippen LogP contribution in [0.2, 0.25) is 10.0 Å². The van der Waals surface area contributed by atoms with E-state index in [1.165, 1.54) is 11.1 Å². The van der Waals surface area contributed by atoms with Gasteiger partial charge in [0.15, 0.2) is 0 Å². The summed E-state index contributed by atoms with van der Waals surface area (Å²) in [5, 5.41) is 2.01. The van der Waals surface area contributed by atoms with E-state index in [-0.39, 0.29) is 5.92 Å². The van der Waals surface area contributed by atoms with Gasteiger partial charge in [0, 0.05) is 11.0 Å². The van der Waals surface area contributed by atoms with Crippen LogP contribution in [0.5, 0.6) is 0 Å². The van der Waals surface area contributed by atoms with Crippen LogP contribution < -0.4 is 0 Å². The molecule has 1 atom stereocenters. The molecule has 1 aliphatic rings. The number of fused-ring (bicyclic) bond motifs is 1. The molecule has 0 radical (unpaired) electrons. The monoisotopic (exact) mass is 308 g/mol. The number of rotatable bonds is 1. The van der Waals surface area contributed by atoms with Crippen molar-refractivity contribution in [1.82, 2.24) is 0 Å². The molecule has 0 fully saturated rings. The average Bonchev–Trinajstić information content (AvgIpc) is 2.43. The van der Waals surface area contributed by atoms with E-state index in [1.54, 1.807) is 0 Å². The predicted octanol–water partition coefficient (Wildman–Crippen LogP) is 6.11. The Labute approximate surface area is 127 Å². The molecule has 1 aliphatic carbocycles. The van der Waals surface area contributed by atoms with Gasteiger partial charge in [0.25, 0.3) is 0 Å². The molecule has 0 aromatic heterocycles. The van der Waals surface area contributed by atoms with Crippen LogP contribution in [0.4, 0.5) is 0 Å². The molecule has 3 heteroatoms. The molecule has 96 valence electrons. The van der Waals surface area contributed by atoms with E-state index in [0.717, 1.165) is 17.0 Å². The molecule has 0 bridgehead atoms. The molecule has 1 unspecified atom stereocenters. The second kappa shape index (κ2) is 5.20. The highest BCUT2D eigenvalue weighted by atomic mass is 35.5. The maximum Gasteiger partial charge on any atom is 0.0595 e. The summed E-state index contributed by atoms with van der Waals surface area (Å²) in [6, 6.07) is 14.0. The van der Waals surface area contributed by atoms with Crippen LogP contribution in [0.25, 0.3) is 5.03 Å². The molecule has 0 N–H and O–H groups in total. The van der Waals surface area contributed by atoms with Crippen molar-refractivity contribution < 1.29 is 0 Å². The van der Waals surface area contributed by atoms with Gasteiger partial charge in [-0.1, -0.05) is 71.2 Å². The Morgan fingerprint density at radius 3 is 2.47 bits per heavy atom. The molecule has 0 saturated heterocycles. The minimum Gasteiger partial charge on any atom is -0.0840 e. The number of hydrogen-bond donors (Lipinski definition) is 0. The van der Waals surface area contributed by atoms with Gasteiger partial charge in [-0.05, 0) is 35.2 Å². The highest BCUT2D eigenvalue weighted by Gasteiger charge is 2.22. The first-order chi connectivity index (χ1) is 9.16. The van der Waals surface area contributed by atoms with Crippen LogP contribution >= 0.6 is 34.8 Å². The quantitative estimate of drug-likeness (QED) is 0.596. The van der Waals surface area contributed by atoms with Crippen LogP contribution in [0.1, 0.15) is 29.0 Å². The van der Waals surface area contributed by atoms with E-state index in [1.807, 2.05) is 30.3 Å². The van der Waals surface area contributed by atoms with E-state index in [4.69, 9.17) is 34.8 Å². The largest absolute Gasteiger partial charge is 0.0840 e. The molecule has 2 aromatic carbocycles. The van der Waals surface area contributed by atoms with Crippen molar-refractivity contribution >= 4 is 39.8 Å². The lowest BCUT2D eigenvalue weighted by Gasteiger charge is -2.24. The highest BCUT2D eigenvalue weighted by molar-refractivity contribution is 6.49. The summed E-state index contributed by atoms with van der Waals surface area (Å²) in [6.45, 7) is 0. The summed E-state index contributed by atoms with van der Waals surface area (Å²) in [5.41, 5.74) is 3.52. The molecule has 0 amide bonds. The van der Waals surface area contributed by atoms with Gasteiger partial charge >= 0.3 is 0 Å². The Hall–Kier alpha value is -0.950. The van der Waals surface area contributed by atoms with Gasteiger partial charge in [0.2, 0.25) is 0 Å². The molecule has 3 rings (SSSR count). The summed E-state index contributed by atoms with van der Waals surface area (Å²) >= 11 is 18.4. The van der Waals surface area contributed by atoms with Crippen molar-refractivity contribution in [3.8, 4) is 0 Å². The smallest absolute Gasteiger partial charge is 0.0595 e. The lowest BCUT2D eigenvalue weighted by Crippen LogP contribution is -2.07. The van der Waals surface area contributed by atoms with Crippen LogP contribution in [0.15, 0.2) is 48.5 Å². The summed E-state index contributed by atoms with van der Waals surface area (Å²) < 4.78 is 0. The Bertz CT molecular complexity index is 659. The minimum atomic E-state index is 0.286. The van der Waals surface area contributed by atoms with Crippen molar-refractivity contribution in [2.45, 2.75) is 12.3 Å². The van der Waals surface area contributed by atoms with Crippen LogP contribution in [0, 0.1) is 0 Å². The van der Waals surface area contributed by atoms with Gasteiger partial charge in [0.05, 0.1) is 10.0 Å². The Balaban J connectivity index is 2.10. The van der Waals surface area contributed by atoms with Crippen LogP contribution in [0.3, 0.4) is 0 Å². The van der Waals surface area contributed by atoms with Gasteiger partial charge in [-0.3, -0.25) is 0 Å². The van der Waals surface area contributed by atoms with Gasteiger partial charge in [0.1, 0.15) is 0 Å². The molecular weight excluding hydrogens is 299 g/mol. The normalized spacial score (nSPS) is 17.8. The third-order valence-corrected chi connectivity index (χ3v) is 4.57. The fourth-order valence-corrected chi connectivity index (χ4v) is 3.09. The van der Waals surface area contributed by atoms with Crippen molar-refractivity contribution in [2.75, 3.05) is 0 Å². The molecule has 2 aromatic rings. The topological polar surface area (TPSA) is 0 Å². The van der Waals surface area contributed by atoms with E-state index in [2.05, 4.69) is 18.2 Å². The number of hydrogen-bond acceptors (Lipinski definition) is 0. The highest BCUT2D eigenvalue weighted by Crippen LogP contribution is 2.41. The third kappa shape index (κ3) is 2.41. The molecule has 0 aliphatic heterocycles. The summed E-state index contributed by atoms with van der Waals surface area (Å²) in [6.07, 6.45) is 2.95. The van der Waals surface area contributed by atoms with Gasteiger partial charge in [-0.25, -0.2) is 0 Å². The van der Waals surface area contributed by atoms with Crippen molar-refractivity contribution in [3.63, 3.8) is 0 Å². The fourth-order valence-electron chi connectivity index (χ4n) is 2.52. The molecule has 0 saturated carbocycles. The Morgan fingerprint density at radius 2 is 1.68 bits per heavy atom. The first-order valence-electron chi connectivity index (χ1n) is 6.06.